The average Bonchev–Trinajstić information content (AvgIpc) is 2.62. The van der Waals surface area contributed by atoms with Gasteiger partial charge < -0.3 is 9.64 Å². The van der Waals surface area contributed by atoms with Crippen LogP contribution in [-0.2, 0) is 4.79 Å². The highest BCUT2D eigenvalue weighted by atomic mass is 16.5. The third kappa shape index (κ3) is 4.00. The maximum Gasteiger partial charge on any atom is 0.274 e. The van der Waals surface area contributed by atoms with Crippen molar-refractivity contribution in [1.82, 2.24) is 4.90 Å². The molecule has 1 aromatic carbocycles. The van der Waals surface area contributed by atoms with E-state index in [0.717, 1.165) is 37.7 Å². The number of ether oxygens (including phenoxy) is 1. The number of benzene rings is 1. The Morgan fingerprint density at radius 1 is 1.09 bits per heavy atom. The number of piperazine rings is 1. The number of hydrogen-bond donors (Lipinski definition) is 0. The van der Waals surface area contributed by atoms with E-state index in [2.05, 4.69) is 16.0 Å². The molecular weight excluding hydrogens is 290 g/mol. The van der Waals surface area contributed by atoms with Crippen LogP contribution in [0.5, 0.6) is 5.75 Å². The SMILES string of the molecule is Cc1ccc(OCC(=O)N2CCN(c3cccc[nH+]3)CC2)cc1. The summed E-state index contributed by atoms with van der Waals surface area (Å²) in [5, 5.41) is 0. The van der Waals surface area contributed by atoms with Gasteiger partial charge in [-0.15, -0.1) is 0 Å². The number of hydrogen-bond acceptors (Lipinski definition) is 3. The number of carbonyl (C=O) groups is 1. The third-order valence-electron chi connectivity index (χ3n) is 4.05. The van der Waals surface area contributed by atoms with Crippen molar-refractivity contribution in [2.24, 2.45) is 0 Å². The van der Waals surface area contributed by atoms with Crippen molar-refractivity contribution in [3.05, 3.63) is 54.2 Å². The number of aryl methyl sites for hydroxylation is 1. The van der Waals surface area contributed by atoms with E-state index in [1.54, 1.807) is 0 Å². The number of nitrogens with zero attached hydrogens (tertiary/aromatic N) is 2. The van der Waals surface area contributed by atoms with Gasteiger partial charge in [0.2, 0.25) is 0 Å². The summed E-state index contributed by atoms with van der Waals surface area (Å²) in [4.78, 5) is 19.6. The molecule has 120 valence electrons. The maximum atomic E-state index is 12.3. The van der Waals surface area contributed by atoms with Gasteiger partial charge in [-0.3, -0.25) is 9.69 Å². The minimum absolute atomic E-state index is 0.0438. The van der Waals surface area contributed by atoms with Gasteiger partial charge in [0.15, 0.2) is 6.61 Å². The minimum Gasteiger partial charge on any atom is -0.484 e. The summed E-state index contributed by atoms with van der Waals surface area (Å²) in [5.41, 5.74) is 1.18. The fourth-order valence-electron chi connectivity index (χ4n) is 2.65. The summed E-state index contributed by atoms with van der Waals surface area (Å²) >= 11 is 0. The molecule has 1 aromatic heterocycles. The quantitative estimate of drug-likeness (QED) is 0.860. The normalized spacial score (nSPS) is 14.7. The topological polar surface area (TPSA) is 46.9 Å². The first-order valence-corrected chi connectivity index (χ1v) is 7.91. The number of rotatable bonds is 4. The monoisotopic (exact) mass is 312 g/mol. The molecule has 0 saturated carbocycles. The Morgan fingerprint density at radius 2 is 1.83 bits per heavy atom. The van der Waals surface area contributed by atoms with E-state index in [0.29, 0.717) is 0 Å². The molecule has 2 heterocycles. The molecule has 1 amide bonds. The van der Waals surface area contributed by atoms with Crippen molar-refractivity contribution in [2.45, 2.75) is 6.92 Å². The Kier molecular flexibility index (Phi) is 4.76. The van der Waals surface area contributed by atoms with Crippen molar-refractivity contribution in [3.8, 4) is 5.75 Å². The van der Waals surface area contributed by atoms with Crippen molar-refractivity contribution >= 4 is 11.7 Å². The summed E-state index contributed by atoms with van der Waals surface area (Å²) < 4.78 is 5.58. The van der Waals surface area contributed by atoms with Crippen LogP contribution in [0.3, 0.4) is 0 Å². The number of H-pyrrole nitrogens is 1. The molecule has 1 N–H and O–H groups in total. The van der Waals surface area contributed by atoms with Gasteiger partial charge >= 0.3 is 0 Å². The zero-order valence-electron chi connectivity index (χ0n) is 13.4. The van der Waals surface area contributed by atoms with Crippen LogP contribution >= 0.6 is 0 Å². The summed E-state index contributed by atoms with van der Waals surface area (Å²) in [6.45, 7) is 5.23. The molecule has 0 radical (unpaired) electrons. The second kappa shape index (κ2) is 7.13. The lowest BCUT2D eigenvalue weighted by Crippen LogP contribution is -2.51. The van der Waals surface area contributed by atoms with Crippen molar-refractivity contribution in [3.63, 3.8) is 0 Å². The highest BCUT2D eigenvalue weighted by molar-refractivity contribution is 5.78. The van der Waals surface area contributed by atoms with Crippen molar-refractivity contribution in [2.75, 3.05) is 37.7 Å². The Labute approximate surface area is 136 Å². The molecule has 0 bridgehead atoms. The van der Waals surface area contributed by atoms with Gasteiger partial charge in [-0.1, -0.05) is 23.8 Å². The summed E-state index contributed by atoms with van der Waals surface area (Å²) in [5.74, 6) is 1.87. The largest absolute Gasteiger partial charge is 0.484 e. The molecule has 0 atom stereocenters. The van der Waals surface area contributed by atoms with Gasteiger partial charge in [0.1, 0.15) is 18.8 Å². The lowest BCUT2D eigenvalue weighted by atomic mass is 10.2. The number of pyridine rings is 1. The number of carbonyl (C=O) groups excluding carboxylic acids is 1. The van der Waals surface area contributed by atoms with Crippen LogP contribution in [0.2, 0.25) is 0 Å². The highest BCUT2D eigenvalue weighted by Crippen LogP contribution is 2.13. The van der Waals surface area contributed by atoms with Gasteiger partial charge in [0.05, 0.1) is 19.3 Å². The van der Waals surface area contributed by atoms with Crippen molar-refractivity contribution in [1.29, 1.82) is 0 Å². The fraction of sp³-hybridized carbons (Fsp3) is 0.333. The van der Waals surface area contributed by atoms with Gasteiger partial charge in [0.25, 0.3) is 11.7 Å². The first kappa shape index (κ1) is 15.3. The Bertz CT molecular complexity index is 635. The fourth-order valence-corrected chi connectivity index (χ4v) is 2.65. The standard InChI is InChI=1S/C18H21N3O2/c1-15-5-7-16(8-6-15)23-14-18(22)21-12-10-20(11-13-21)17-4-2-3-9-19-17/h2-9H,10-14H2,1H3/p+1. The van der Waals surface area contributed by atoms with Gasteiger partial charge in [-0.2, -0.15) is 0 Å². The molecule has 23 heavy (non-hydrogen) atoms. The number of nitrogens with one attached hydrogen (secondary N) is 1. The van der Waals surface area contributed by atoms with E-state index in [1.807, 2.05) is 54.4 Å². The average molecular weight is 312 g/mol. The highest BCUT2D eigenvalue weighted by Gasteiger charge is 2.26. The van der Waals surface area contributed by atoms with Gasteiger partial charge in [-0.25, -0.2) is 4.98 Å². The van der Waals surface area contributed by atoms with Crippen LogP contribution in [0.4, 0.5) is 5.82 Å². The molecule has 5 nitrogen and oxygen atoms in total. The zero-order chi connectivity index (χ0) is 16.1. The van der Waals surface area contributed by atoms with Crippen molar-refractivity contribution < 1.29 is 14.5 Å². The smallest absolute Gasteiger partial charge is 0.274 e. The summed E-state index contributed by atoms with van der Waals surface area (Å²) in [6, 6.07) is 13.8. The molecular formula is C18H22N3O2+. The Morgan fingerprint density at radius 3 is 2.48 bits per heavy atom. The van der Waals surface area contributed by atoms with Gasteiger partial charge in [-0.05, 0) is 25.1 Å². The molecule has 1 aliphatic rings. The van der Waals surface area contributed by atoms with Crippen LogP contribution in [0.1, 0.15) is 5.56 Å². The predicted octanol–water partition coefficient (Wildman–Crippen LogP) is 1.54. The zero-order valence-corrected chi connectivity index (χ0v) is 13.4. The van der Waals surface area contributed by atoms with Crippen LogP contribution in [0.25, 0.3) is 0 Å². The molecule has 5 heteroatoms. The molecule has 1 fully saturated rings. The molecule has 1 aliphatic heterocycles. The lowest BCUT2D eigenvalue weighted by Gasteiger charge is -2.30. The second-order valence-corrected chi connectivity index (χ2v) is 5.72. The Hall–Kier alpha value is -2.56. The van der Waals surface area contributed by atoms with Gasteiger partial charge in [0, 0.05) is 6.07 Å². The van der Waals surface area contributed by atoms with E-state index in [9.17, 15) is 4.79 Å². The van der Waals surface area contributed by atoms with Crippen LogP contribution in [0.15, 0.2) is 48.7 Å². The first-order chi connectivity index (χ1) is 11.2. The van der Waals surface area contributed by atoms with E-state index >= 15 is 0 Å². The van der Waals surface area contributed by atoms with Crippen LogP contribution < -0.4 is 14.6 Å². The second-order valence-electron chi connectivity index (χ2n) is 5.72. The summed E-state index contributed by atoms with van der Waals surface area (Å²) in [6.07, 6.45) is 1.92. The number of amides is 1. The molecule has 2 aromatic rings. The van der Waals surface area contributed by atoms with E-state index in [1.165, 1.54) is 5.56 Å². The molecule has 0 unspecified atom stereocenters. The van der Waals surface area contributed by atoms with E-state index in [-0.39, 0.29) is 12.5 Å². The number of aromatic amines is 1. The molecule has 0 spiro atoms. The minimum atomic E-state index is 0.0438. The number of aromatic nitrogens is 1. The molecule has 1 saturated heterocycles. The predicted molar refractivity (Wildman–Crippen MR) is 88.5 cm³/mol. The summed E-state index contributed by atoms with van der Waals surface area (Å²) in [7, 11) is 0. The van der Waals surface area contributed by atoms with E-state index < -0.39 is 0 Å². The maximum absolute atomic E-state index is 12.3. The first-order valence-electron chi connectivity index (χ1n) is 7.91. The van der Waals surface area contributed by atoms with E-state index in [4.69, 9.17) is 4.74 Å². The van der Waals surface area contributed by atoms with Crippen LogP contribution in [0, 0.1) is 6.92 Å². The third-order valence-corrected chi connectivity index (χ3v) is 4.05. The lowest BCUT2D eigenvalue weighted by molar-refractivity contribution is -0.364. The molecule has 3 rings (SSSR count). The Balaban J connectivity index is 1.47. The van der Waals surface area contributed by atoms with Crippen LogP contribution in [-0.4, -0.2) is 43.6 Å². The molecule has 0 aliphatic carbocycles. The number of anilines is 1.